The predicted molar refractivity (Wildman–Crippen MR) is 131 cm³/mol. The molecule has 3 rings (SSSR count). The first-order valence-corrected chi connectivity index (χ1v) is 11.4. The van der Waals surface area contributed by atoms with Crippen LogP contribution in [0.25, 0.3) is 0 Å². The van der Waals surface area contributed by atoms with Gasteiger partial charge in [0, 0.05) is 24.1 Å². The molecule has 0 radical (unpaired) electrons. The first-order chi connectivity index (χ1) is 16.6. The third-order valence-corrected chi connectivity index (χ3v) is 5.24. The topological polar surface area (TPSA) is 58.6 Å². The average Bonchev–Trinajstić information content (AvgIpc) is 2.81. The van der Waals surface area contributed by atoms with Crippen LogP contribution in [0, 0.1) is 11.6 Å². The smallest absolute Gasteiger partial charge is 0.261 e. The summed E-state index contributed by atoms with van der Waals surface area (Å²) in [5, 5.41) is 2.95. The molecule has 0 saturated heterocycles. The highest BCUT2D eigenvalue weighted by molar-refractivity contribution is 5.89. The van der Waals surface area contributed by atoms with Gasteiger partial charge in [0.2, 0.25) is 5.91 Å². The minimum Gasteiger partial charge on any atom is -0.484 e. The Kier molecular flexibility index (Phi) is 8.58. The summed E-state index contributed by atoms with van der Waals surface area (Å²) in [6, 6.07) is 19.8. The van der Waals surface area contributed by atoms with Crippen molar-refractivity contribution in [1.29, 1.82) is 0 Å². The first kappa shape index (κ1) is 25.9. The highest BCUT2D eigenvalue weighted by Gasteiger charge is 2.32. The van der Waals surface area contributed by atoms with Crippen molar-refractivity contribution in [3.05, 3.63) is 102 Å². The van der Waals surface area contributed by atoms with Crippen molar-refractivity contribution in [3.63, 3.8) is 0 Å². The molecular formula is C28H30F2N2O3. The van der Waals surface area contributed by atoms with Gasteiger partial charge < -0.3 is 15.0 Å². The summed E-state index contributed by atoms with van der Waals surface area (Å²) in [6.07, 6.45) is 0.236. The Hall–Kier alpha value is -3.74. The van der Waals surface area contributed by atoms with E-state index in [1.807, 2.05) is 51.1 Å². The molecule has 0 aliphatic heterocycles. The molecule has 0 saturated carbocycles. The van der Waals surface area contributed by atoms with E-state index in [2.05, 4.69) is 5.32 Å². The molecule has 0 fully saturated rings. The van der Waals surface area contributed by atoms with Crippen molar-refractivity contribution >= 4 is 11.8 Å². The van der Waals surface area contributed by atoms with E-state index in [-0.39, 0.29) is 24.4 Å². The van der Waals surface area contributed by atoms with Gasteiger partial charge in [-0.15, -0.1) is 0 Å². The summed E-state index contributed by atoms with van der Waals surface area (Å²) in [4.78, 5) is 28.2. The Morgan fingerprint density at radius 3 is 2.17 bits per heavy atom. The van der Waals surface area contributed by atoms with Crippen molar-refractivity contribution in [2.24, 2.45) is 0 Å². The number of halogens is 2. The maximum atomic E-state index is 14.6. The number of nitrogens with zero attached hydrogens (tertiary/aromatic N) is 1. The third-order valence-electron chi connectivity index (χ3n) is 5.24. The monoisotopic (exact) mass is 480 g/mol. The van der Waals surface area contributed by atoms with Crippen LogP contribution in [0.15, 0.2) is 78.9 Å². The van der Waals surface area contributed by atoms with Crippen LogP contribution in [0.2, 0.25) is 0 Å². The summed E-state index contributed by atoms with van der Waals surface area (Å²) in [5.74, 6) is -1.44. The Bertz CT molecular complexity index is 1130. The molecule has 5 nitrogen and oxygen atoms in total. The summed E-state index contributed by atoms with van der Waals surface area (Å²) >= 11 is 0. The number of carbonyl (C=O) groups is 2. The van der Waals surface area contributed by atoms with Crippen LogP contribution < -0.4 is 10.1 Å². The van der Waals surface area contributed by atoms with Crippen molar-refractivity contribution in [2.45, 2.75) is 45.3 Å². The number of benzene rings is 3. The van der Waals surface area contributed by atoms with E-state index >= 15 is 0 Å². The fourth-order valence-corrected chi connectivity index (χ4v) is 3.58. The van der Waals surface area contributed by atoms with E-state index < -0.39 is 35.7 Å². The molecule has 0 heterocycles. The molecule has 0 aliphatic carbocycles. The zero-order valence-electron chi connectivity index (χ0n) is 20.1. The summed E-state index contributed by atoms with van der Waals surface area (Å²) in [7, 11) is 0. The fourth-order valence-electron chi connectivity index (χ4n) is 3.58. The molecule has 0 aliphatic rings. The van der Waals surface area contributed by atoms with E-state index in [9.17, 15) is 18.4 Å². The van der Waals surface area contributed by atoms with Gasteiger partial charge in [-0.1, -0.05) is 48.5 Å². The van der Waals surface area contributed by atoms with Crippen molar-refractivity contribution in [2.75, 3.05) is 6.61 Å². The highest BCUT2D eigenvalue weighted by atomic mass is 19.1. The molecule has 0 aromatic heterocycles. The molecule has 1 unspecified atom stereocenters. The highest BCUT2D eigenvalue weighted by Crippen LogP contribution is 2.19. The van der Waals surface area contributed by atoms with Crippen LogP contribution >= 0.6 is 0 Å². The number of ether oxygens (including phenoxy) is 1. The molecule has 3 aromatic rings. The van der Waals surface area contributed by atoms with E-state index in [1.54, 1.807) is 18.2 Å². The van der Waals surface area contributed by atoms with E-state index in [0.29, 0.717) is 5.75 Å². The van der Waals surface area contributed by atoms with Gasteiger partial charge in [-0.3, -0.25) is 9.59 Å². The molecule has 35 heavy (non-hydrogen) atoms. The average molecular weight is 481 g/mol. The number of rotatable bonds is 9. The molecule has 0 spiro atoms. The van der Waals surface area contributed by atoms with E-state index in [4.69, 9.17) is 4.74 Å². The zero-order valence-corrected chi connectivity index (χ0v) is 20.1. The fraction of sp³-hybridized carbons (Fsp3) is 0.286. The molecular weight excluding hydrogens is 450 g/mol. The van der Waals surface area contributed by atoms with E-state index in [1.165, 1.54) is 35.2 Å². The minimum absolute atomic E-state index is 0.118. The molecule has 0 bridgehead atoms. The van der Waals surface area contributed by atoms with Gasteiger partial charge in [0.1, 0.15) is 23.4 Å². The zero-order chi connectivity index (χ0) is 25.4. The number of hydrogen-bond acceptors (Lipinski definition) is 3. The molecule has 184 valence electrons. The number of carbonyl (C=O) groups excluding carboxylic acids is 2. The molecule has 1 N–H and O–H groups in total. The Balaban J connectivity index is 1.93. The van der Waals surface area contributed by atoms with Crippen LogP contribution in [-0.4, -0.2) is 34.9 Å². The second-order valence-electron chi connectivity index (χ2n) is 9.30. The van der Waals surface area contributed by atoms with E-state index in [0.717, 1.165) is 5.56 Å². The lowest BCUT2D eigenvalue weighted by Gasteiger charge is -2.33. The third kappa shape index (κ3) is 7.91. The molecule has 7 heteroatoms. The minimum atomic E-state index is -0.916. The second kappa shape index (κ2) is 11.6. The molecule has 3 aromatic carbocycles. The summed E-state index contributed by atoms with van der Waals surface area (Å²) in [6.45, 7) is 5.04. The summed E-state index contributed by atoms with van der Waals surface area (Å²) in [5.41, 5.74) is 0.597. The van der Waals surface area contributed by atoms with Crippen LogP contribution in [0.1, 0.15) is 31.9 Å². The molecule has 1 atom stereocenters. The van der Waals surface area contributed by atoms with Crippen LogP contribution in [0.5, 0.6) is 5.75 Å². The van der Waals surface area contributed by atoms with Crippen molar-refractivity contribution in [3.8, 4) is 5.75 Å². The first-order valence-electron chi connectivity index (χ1n) is 11.4. The second-order valence-corrected chi connectivity index (χ2v) is 9.30. The van der Waals surface area contributed by atoms with Gasteiger partial charge in [-0.2, -0.15) is 0 Å². The van der Waals surface area contributed by atoms with Crippen molar-refractivity contribution in [1.82, 2.24) is 10.2 Å². The van der Waals surface area contributed by atoms with Gasteiger partial charge in [-0.05, 0) is 56.7 Å². The Morgan fingerprint density at radius 2 is 1.54 bits per heavy atom. The van der Waals surface area contributed by atoms with Crippen molar-refractivity contribution < 1.29 is 23.1 Å². The lowest BCUT2D eigenvalue weighted by atomic mass is 10.0. The maximum absolute atomic E-state index is 14.6. The van der Waals surface area contributed by atoms with Gasteiger partial charge in [0.25, 0.3) is 5.91 Å². The lowest BCUT2D eigenvalue weighted by molar-refractivity contribution is -0.143. The number of nitrogens with one attached hydrogen (secondary N) is 1. The normalized spacial score (nSPS) is 12.0. The van der Waals surface area contributed by atoms with Gasteiger partial charge in [0.05, 0.1) is 0 Å². The van der Waals surface area contributed by atoms with Gasteiger partial charge in [-0.25, -0.2) is 8.78 Å². The van der Waals surface area contributed by atoms with Crippen LogP contribution in [0.3, 0.4) is 0 Å². The number of amides is 2. The maximum Gasteiger partial charge on any atom is 0.261 e. The lowest BCUT2D eigenvalue weighted by Crippen LogP contribution is -2.55. The van der Waals surface area contributed by atoms with Gasteiger partial charge >= 0.3 is 0 Å². The molecule has 2 amide bonds. The van der Waals surface area contributed by atoms with Gasteiger partial charge in [0.15, 0.2) is 6.61 Å². The standard InChI is InChI=1S/C28H30F2N2O3/c1-28(2,3)31-27(34)25(17-20-9-5-4-6-10-20)32(18-21-11-7-8-12-24(21)30)26(33)19-35-23-15-13-22(29)14-16-23/h4-16,25H,17-19H2,1-3H3,(H,31,34). The number of hydrogen-bond donors (Lipinski definition) is 1. The SMILES string of the molecule is CC(C)(C)NC(=O)C(Cc1ccccc1)N(Cc1ccccc1F)C(=O)COc1ccc(F)cc1. The van der Waals surface area contributed by atoms with Crippen LogP contribution in [0.4, 0.5) is 8.78 Å². The summed E-state index contributed by atoms with van der Waals surface area (Å²) < 4.78 is 33.3. The Morgan fingerprint density at radius 1 is 0.914 bits per heavy atom. The Labute approximate surface area is 204 Å². The van der Waals surface area contributed by atoms with Crippen LogP contribution in [-0.2, 0) is 22.6 Å². The quantitative estimate of drug-likeness (QED) is 0.474. The predicted octanol–water partition coefficient (Wildman–Crippen LogP) is 4.90. The largest absolute Gasteiger partial charge is 0.484 e.